The maximum absolute atomic E-state index is 11.8. The number of aryl methyl sites for hydroxylation is 1. The van der Waals surface area contributed by atoms with Gasteiger partial charge >= 0.3 is 0 Å². The van der Waals surface area contributed by atoms with Gasteiger partial charge < -0.3 is 15.6 Å². The second-order valence-electron chi connectivity index (χ2n) is 4.39. The number of pyridine rings is 1. The van der Waals surface area contributed by atoms with Crippen LogP contribution in [0.4, 0.5) is 0 Å². The van der Waals surface area contributed by atoms with Gasteiger partial charge in [0, 0.05) is 18.3 Å². The molecule has 1 aliphatic heterocycles. The maximum atomic E-state index is 11.8. The van der Waals surface area contributed by atoms with Gasteiger partial charge in [-0.3, -0.25) is 9.59 Å². The monoisotopic (exact) mass is 271 g/mol. The molecule has 2 heterocycles. The normalized spacial score (nSPS) is 18.2. The van der Waals surface area contributed by atoms with Gasteiger partial charge in [-0.15, -0.1) is 12.4 Å². The fourth-order valence-corrected chi connectivity index (χ4v) is 1.99. The van der Waals surface area contributed by atoms with Crippen molar-refractivity contribution in [1.29, 1.82) is 0 Å². The number of carbonyl (C=O) groups is 1. The fourth-order valence-electron chi connectivity index (χ4n) is 1.99. The molecule has 18 heavy (non-hydrogen) atoms. The molecule has 1 aromatic rings. The summed E-state index contributed by atoms with van der Waals surface area (Å²) in [7, 11) is 0. The van der Waals surface area contributed by atoms with Gasteiger partial charge in [0.05, 0.1) is 0 Å². The topological polar surface area (TPSA) is 74.0 Å². The van der Waals surface area contributed by atoms with Gasteiger partial charge in [-0.2, -0.15) is 0 Å². The van der Waals surface area contributed by atoms with E-state index in [0.29, 0.717) is 12.6 Å². The first-order valence-electron chi connectivity index (χ1n) is 5.88. The van der Waals surface area contributed by atoms with Gasteiger partial charge in [0.1, 0.15) is 5.56 Å². The van der Waals surface area contributed by atoms with E-state index < -0.39 is 0 Å². The van der Waals surface area contributed by atoms with Crippen molar-refractivity contribution in [2.45, 2.75) is 25.8 Å². The lowest BCUT2D eigenvalue weighted by atomic mass is 10.2. The number of H-pyrrole nitrogens is 1. The zero-order valence-corrected chi connectivity index (χ0v) is 11.1. The Kier molecular flexibility index (Phi) is 5.37. The third kappa shape index (κ3) is 3.58. The van der Waals surface area contributed by atoms with E-state index >= 15 is 0 Å². The summed E-state index contributed by atoms with van der Waals surface area (Å²) >= 11 is 0. The largest absolute Gasteiger partial charge is 0.350 e. The van der Waals surface area contributed by atoms with Gasteiger partial charge in [0.15, 0.2) is 0 Å². The zero-order valence-electron chi connectivity index (χ0n) is 10.3. The van der Waals surface area contributed by atoms with Crippen LogP contribution < -0.4 is 16.2 Å². The number of aromatic nitrogens is 1. The van der Waals surface area contributed by atoms with Gasteiger partial charge in [-0.25, -0.2) is 0 Å². The highest BCUT2D eigenvalue weighted by Crippen LogP contribution is 2.03. The molecule has 0 spiro atoms. The number of nitrogens with one attached hydrogen (secondary N) is 3. The Labute approximate surface area is 112 Å². The molecule has 0 radical (unpaired) electrons. The van der Waals surface area contributed by atoms with Crippen LogP contribution in [0.3, 0.4) is 0 Å². The zero-order chi connectivity index (χ0) is 12.3. The minimum Gasteiger partial charge on any atom is -0.350 e. The van der Waals surface area contributed by atoms with Crippen LogP contribution in [0.25, 0.3) is 0 Å². The Balaban J connectivity index is 0.00000162. The highest BCUT2D eigenvalue weighted by atomic mass is 35.5. The van der Waals surface area contributed by atoms with Gasteiger partial charge in [-0.05, 0) is 38.4 Å². The molecular formula is C12H18ClN3O2. The first-order valence-corrected chi connectivity index (χ1v) is 5.88. The van der Waals surface area contributed by atoms with Crippen molar-refractivity contribution in [2.24, 2.45) is 0 Å². The molecule has 1 saturated heterocycles. The first kappa shape index (κ1) is 14.7. The minimum absolute atomic E-state index is 0. The second-order valence-corrected chi connectivity index (χ2v) is 4.39. The van der Waals surface area contributed by atoms with Gasteiger partial charge in [-0.1, -0.05) is 0 Å². The summed E-state index contributed by atoms with van der Waals surface area (Å²) in [5.74, 6) is -0.306. The molecule has 6 heteroatoms. The highest BCUT2D eigenvalue weighted by molar-refractivity contribution is 5.93. The number of aromatic amines is 1. The molecule has 2 rings (SSSR count). The van der Waals surface area contributed by atoms with E-state index in [1.807, 2.05) is 0 Å². The predicted molar refractivity (Wildman–Crippen MR) is 72.4 cm³/mol. The van der Waals surface area contributed by atoms with Gasteiger partial charge in [0.25, 0.3) is 11.5 Å². The first-order chi connectivity index (χ1) is 8.16. The fraction of sp³-hybridized carbons (Fsp3) is 0.500. The van der Waals surface area contributed by atoms with Crippen molar-refractivity contribution >= 4 is 18.3 Å². The summed E-state index contributed by atoms with van der Waals surface area (Å²) in [6.07, 6.45) is 2.22. The number of amides is 1. The Bertz CT molecular complexity index is 467. The number of hydrogen-bond acceptors (Lipinski definition) is 3. The SMILES string of the molecule is Cc1ccc(C(=O)NCC2CCCN2)c(=O)[nH]1.Cl. The summed E-state index contributed by atoms with van der Waals surface area (Å²) in [5, 5.41) is 6.07. The minimum atomic E-state index is -0.332. The molecule has 0 bridgehead atoms. The highest BCUT2D eigenvalue weighted by Gasteiger charge is 2.16. The van der Waals surface area contributed by atoms with Crippen LogP contribution in [0.1, 0.15) is 28.9 Å². The van der Waals surface area contributed by atoms with Crippen molar-refractivity contribution < 1.29 is 4.79 Å². The van der Waals surface area contributed by atoms with E-state index in [4.69, 9.17) is 0 Å². The maximum Gasteiger partial charge on any atom is 0.260 e. The summed E-state index contributed by atoms with van der Waals surface area (Å²) < 4.78 is 0. The van der Waals surface area contributed by atoms with Crippen molar-refractivity contribution in [3.05, 3.63) is 33.7 Å². The Hall–Kier alpha value is -1.33. The third-order valence-corrected chi connectivity index (χ3v) is 2.97. The van der Waals surface area contributed by atoms with Crippen LogP contribution in [-0.2, 0) is 0 Å². The molecule has 1 aromatic heterocycles. The smallest absolute Gasteiger partial charge is 0.260 e. The number of hydrogen-bond donors (Lipinski definition) is 3. The molecule has 0 aromatic carbocycles. The molecular weight excluding hydrogens is 254 g/mol. The van der Waals surface area contributed by atoms with E-state index in [1.165, 1.54) is 0 Å². The van der Waals surface area contributed by atoms with Gasteiger partial charge in [0.2, 0.25) is 0 Å². The summed E-state index contributed by atoms with van der Waals surface area (Å²) in [6.45, 7) is 3.36. The molecule has 1 amide bonds. The van der Waals surface area contributed by atoms with E-state index in [-0.39, 0.29) is 29.4 Å². The third-order valence-electron chi connectivity index (χ3n) is 2.97. The molecule has 0 aliphatic carbocycles. The lowest BCUT2D eigenvalue weighted by molar-refractivity contribution is 0.0949. The Morgan fingerprint density at radius 2 is 2.28 bits per heavy atom. The molecule has 100 valence electrons. The molecule has 5 nitrogen and oxygen atoms in total. The van der Waals surface area contributed by atoms with Crippen molar-refractivity contribution in [1.82, 2.24) is 15.6 Å². The molecule has 1 atom stereocenters. The van der Waals surface area contributed by atoms with Crippen molar-refractivity contribution in [3.63, 3.8) is 0 Å². The predicted octanol–water partition coefficient (Wildman–Crippen LogP) is 0.587. The number of halogens is 1. The standard InChI is InChI=1S/C12H17N3O2.ClH/c1-8-4-5-10(12(17)15-8)11(16)14-7-9-3-2-6-13-9;/h4-5,9,13H,2-3,6-7H2,1H3,(H,14,16)(H,15,17);1H. The number of carbonyl (C=O) groups excluding carboxylic acids is 1. The van der Waals surface area contributed by atoms with E-state index in [1.54, 1.807) is 19.1 Å². The van der Waals surface area contributed by atoms with Crippen molar-refractivity contribution in [3.8, 4) is 0 Å². The van der Waals surface area contributed by atoms with E-state index in [9.17, 15) is 9.59 Å². The average Bonchev–Trinajstić information content (AvgIpc) is 2.78. The Morgan fingerprint density at radius 1 is 1.50 bits per heavy atom. The molecule has 1 unspecified atom stereocenters. The quantitative estimate of drug-likeness (QED) is 0.753. The Morgan fingerprint density at radius 3 is 2.89 bits per heavy atom. The average molecular weight is 272 g/mol. The van der Waals surface area contributed by atoms with Crippen molar-refractivity contribution in [2.75, 3.05) is 13.1 Å². The molecule has 1 fully saturated rings. The van der Waals surface area contributed by atoms with Crippen LogP contribution in [0.15, 0.2) is 16.9 Å². The second kappa shape index (κ2) is 6.56. The molecule has 3 N–H and O–H groups in total. The lowest BCUT2D eigenvalue weighted by Gasteiger charge is -2.11. The summed E-state index contributed by atoms with van der Waals surface area (Å²) in [4.78, 5) is 25.9. The van der Waals surface area contributed by atoms with E-state index in [0.717, 1.165) is 25.1 Å². The van der Waals surface area contributed by atoms with Crippen LogP contribution in [0, 0.1) is 6.92 Å². The molecule has 0 saturated carbocycles. The number of rotatable bonds is 3. The van der Waals surface area contributed by atoms with Crippen LogP contribution in [-0.4, -0.2) is 30.0 Å². The summed E-state index contributed by atoms with van der Waals surface area (Å²) in [5.41, 5.74) is 0.597. The van der Waals surface area contributed by atoms with Crippen LogP contribution in [0.5, 0.6) is 0 Å². The molecule has 1 aliphatic rings. The lowest BCUT2D eigenvalue weighted by Crippen LogP contribution is -2.38. The summed E-state index contributed by atoms with van der Waals surface area (Å²) in [6, 6.07) is 3.62. The van der Waals surface area contributed by atoms with E-state index in [2.05, 4.69) is 15.6 Å². The van der Waals surface area contributed by atoms with Crippen LogP contribution >= 0.6 is 12.4 Å². The van der Waals surface area contributed by atoms with Crippen LogP contribution in [0.2, 0.25) is 0 Å².